The Kier molecular flexibility index (Phi) is 4.57. The normalized spacial score (nSPS) is 25.0. The van der Waals surface area contributed by atoms with Gasteiger partial charge in [-0.3, -0.25) is 4.79 Å². The van der Waals surface area contributed by atoms with Gasteiger partial charge in [-0.05, 0) is 36.6 Å². The monoisotopic (exact) mass is 376 g/mol. The van der Waals surface area contributed by atoms with Crippen molar-refractivity contribution >= 4 is 15.9 Å². The van der Waals surface area contributed by atoms with Crippen LogP contribution in [0.15, 0.2) is 29.2 Å². The molecule has 0 unspecified atom stereocenters. The predicted octanol–water partition coefficient (Wildman–Crippen LogP) is 2.19. The van der Waals surface area contributed by atoms with Gasteiger partial charge in [-0.1, -0.05) is 6.92 Å². The standard InChI is InChI=1S/C16H19F3N2O3S/c1-11-10-14(11)15(22)20-6-8-21(9-7-20)25(23,24)13-4-2-12(3-5-13)16(17,18)19/h2-5,11,14H,6-10H2,1H3/t11-,14+/m1/s1. The fourth-order valence-electron chi connectivity index (χ4n) is 3.01. The lowest BCUT2D eigenvalue weighted by molar-refractivity contribution is -0.137. The second-order valence-electron chi connectivity index (χ2n) is 6.57. The summed E-state index contributed by atoms with van der Waals surface area (Å²) in [5.74, 6) is 0.513. The third-order valence-corrected chi connectivity index (χ3v) is 6.71. The number of benzene rings is 1. The number of halogens is 3. The second kappa shape index (κ2) is 6.28. The van der Waals surface area contributed by atoms with Crippen molar-refractivity contribution in [3.8, 4) is 0 Å². The minimum Gasteiger partial charge on any atom is -0.340 e. The summed E-state index contributed by atoms with van der Waals surface area (Å²) < 4.78 is 64.1. The molecule has 3 rings (SSSR count). The van der Waals surface area contributed by atoms with Gasteiger partial charge in [0, 0.05) is 32.1 Å². The third-order valence-electron chi connectivity index (χ3n) is 4.80. The molecule has 2 aliphatic rings. The average Bonchev–Trinajstić information content (AvgIpc) is 3.30. The van der Waals surface area contributed by atoms with E-state index in [1.54, 1.807) is 4.90 Å². The van der Waals surface area contributed by atoms with Crippen LogP contribution in [0.5, 0.6) is 0 Å². The first kappa shape index (κ1) is 18.2. The molecule has 1 heterocycles. The molecule has 2 fully saturated rings. The van der Waals surface area contributed by atoms with E-state index in [1.807, 2.05) is 6.92 Å². The summed E-state index contributed by atoms with van der Waals surface area (Å²) >= 11 is 0. The molecule has 9 heteroatoms. The number of carbonyl (C=O) groups excluding carboxylic acids is 1. The molecule has 0 bridgehead atoms. The Balaban J connectivity index is 1.66. The van der Waals surface area contributed by atoms with E-state index in [-0.39, 0.29) is 29.8 Å². The topological polar surface area (TPSA) is 57.7 Å². The maximum Gasteiger partial charge on any atom is 0.416 e. The van der Waals surface area contributed by atoms with Crippen molar-refractivity contribution in [1.29, 1.82) is 0 Å². The Labute approximate surface area is 144 Å². The molecule has 1 aromatic carbocycles. The highest BCUT2D eigenvalue weighted by atomic mass is 32.2. The van der Waals surface area contributed by atoms with E-state index in [4.69, 9.17) is 0 Å². The van der Waals surface area contributed by atoms with Crippen molar-refractivity contribution in [3.63, 3.8) is 0 Å². The molecule has 1 aliphatic carbocycles. The highest BCUT2D eigenvalue weighted by Gasteiger charge is 2.42. The molecule has 1 saturated carbocycles. The summed E-state index contributed by atoms with van der Waals surface area (Å²) in [4.78, 5) is 13.7. The fourth-order valence-corrected chi connectivity index (χ4v) is 4.44. The smallest absolute Gasteiger partial charge is 0.340 e. The van der Waals surface area contributed by atoms with E-state index in [0.29, 0.717) is 19.0 Å². The number of piperazine rings is 1. The van der Waals surface area contributed by atoms with Crippen LogP contribution in [0.3, 0.4) is 0 Å². The van der Waals surface area contributed by atoms with Gasteiger partial charge < -0.3 is 4.90 Å². The van der Waals surface area contributed by atoms with Crippen LogP contribution in [0.4, 0.5) is 13.2 Å². The first-order chi connectivity index (χ1) is 11.6. The van der Waals surface area contributed by atoms with Crippen LogP contribution < -0.4 is 0 Å². The maximum absolute atomic E-state index is 12.6. The van der Waals surface area contributed by atoms with Crippen molar-refractivity contribution in [2.75, 3.05) is 26.2 Å². The van der Waals surface area contributed by atoms with Crippen LogP contribution >= 0.6 is 0 Å². The Morgan fingerprint density at radius 1 is 1.08 bits per heavy atom. The van der Waals surface area contributed by atoms with Gasteiger partial charge in [-0.15, -0.1) is 0 Å². The van der Waals surface area contributed by atoms with Crippen LogP contribution in [0, 0.1) is 11.8 Å². The molecule has 0 spiro atoms. The molecule has 25 heavy (non-hydrogen) atoms. The summed E-state index contributed by atoms with van der Waals surface area (Å²) in [6.07, 6.45) is -3.63. The molecule has 0 N–H and O–H groups in total. The van der Waals surface area contributed by atoms with Crippen molar-refractivity contribution in [3.05, 3.63) is 29.8 Å². The molecule has 138 valence electrons. The fraction of sp³-hybridized carbons (Fsp3) is 0.562. The Morgan fingerprint density at radius 2 is 1.60 bits per heavy atom. The van der Waals surface area contributed by atoms with Crippen molar-refractivity contribution in [1.82, 2.24) is 9.21 Å². The highest BCUT2D eigenvalue weighted by molar-refractivity contribution is 7.89. The average molecular weight is 376 g/mol. The number of nitrogens with zero attached hydrogens (tertiary/aromatic N) is 2. The van der Waals surface area contributed by atoms with Gasteiger partial charge in [0.2, 0.25) is 15.9 Å². The van der Waals surface area contributed by atoms with E-state index in [9.17, 15) is 26.4 Å². The molecule has 5 nitrogen and oxygen atoms in total. The van der Waals surface area contributed by atoms with E-state index in [1.165, 1.54) is 4.31 Å². The zero-order valence-electron chi connectivity index (χ0n) is 13.7. The van der Waals surface area contributed by atoms with Gasteiger partial charge >= 0.3 is 6.18 Å². The molecular weight excluding hydrogens is 357 g/mol. The maximum atomic E-state index is 12.6. The number of hydrogen-bond donors (Lipinski definition) is 0. The summed E-state index contributed by atoms with van der Waals surface area (Å²) in [7, 11) is -3.86. The van der Waals surface area contributed by atoms with Gasteiger partial charge in [-0.25, -0.2) is 8.42 Å². The Morgan fingerprint density at radius 3 is 2.04 bits per heavy atom. The van der Waals surface area contributed by atoms with E-state index >= 15 is 0 Å². The number of sulfonamides is 1. The molecular formula is C16H19F3N2O3S. The lowest BCUT2D eigenvalue weighted by Gasteiger charge is -2.34. The zero-order valence-corrected chi connectivity index (χ0v) is 14.5. The predicted molar refractivity (Wildman–Crippen MR) is 84.1 cm³/mol. The Hall–Kier alpha value is -1.61. The molecule has 0 aromatic heterocycles. The van der Waals surface area contributed by atoms with Crippen LogP contribution in [0.2, 0.25) is 0 Å². The van der Waals surface area contributed by atoms with Crippen molar-refractivity contribution in [2.45, 2.75) is 24.4 Å². The highest BCUT2D eigenvalue weighted by Crippen LogP contribution is 2.39. The van der Waals surface area contributed by atoms with Gasteiger partial charge in [0.15, 0.2) is 0 Å². The van der Waals surface area contributed by atoms with Crippen LogP contribution in [0.25, 0.3) is 0 Å². The third kappa shape index (κ3) is 3.67. The number of rotatable bonds is 3. The molecule has 1 aliphatic heterocycles. The Bertz CT molecular complexity index is 754. The van der Waals surface area contributed by atoms with Gasteiger partial charge in [0.1, 0.15) is 0 Å². The minimum absolute atomic E-state index is 0.0538. The number of hydrogen-bond acceptors (Lipinski definition) is 3. The quantitative estimate of drug-likeness (QED) is 0.813. The molecule has 1 saturated heterocycles. The van der Waals surface area contributed by atoms with E-state index in [2.05, 4.69) is 0 Å². The first-order valence-corrected chi connectivity index (χ1v) is 9.51. The lowest BCUT2D eigenvalue weighted by Crippen LogP contribution is -2.51. The van der Waals surface area contributed by atoms with Crippen LogP contribution in [-0.2, 0) is 21.0 Å². The summed E-state index contributed by atoms with van der Waals surface area (Å²) in [6.45, 7) is 2.92. The summed E-state index contributed by atoms with van der Waals surface area (Å²) in [6, 6.07) is 3.48. The first-order valence-electron chi connectivity index (χ1n) is 8.07. The van der Waals surface area contributed by atoms with Gasteiger partial charge in [0.25, 0.3) is 0 Å². The minimum atomic E-state index is -4.51. The van der Waals surface area contributed by atoms with Crippen LogP contribution in [-0.4, -0.2) is 49.7 Å². The summed E-state index contributed by atoms with van der Waals surface area (Å²) in [5, 5.41) is 0. The molecule has 0 radical (unpaired) electrons. The summed E-state index contributed by atoms with van der Waals surface area (Å²) in [5.41, 5.74) is -0.889. The largest absolute Gasteiger partial charge is 0.416 e. The molecule has 2 atom stereocenters. The SMILES string of the molecule is C[C@@H]1C[C@@H]1C(=O)N1CCN(S(=O)(=O)c2ccc(C(F)(F)F)cc2)CC1. The van der Waals surface area contributed by atoms with Gasteiger partial charge in [0.05, 0.1) is 10.5 Å². The van der Waals surface area contributed by atoms with E-state index < -0.39 is 21.8 Å². The number of amides is 1. The molecule has 1 aromatic rings. The zero-order chi connectivity index (χ0) is 18.4. The van der Waals surface area contributed by atoms with Crippen LogP contribution in [0.1, 0.15) is 18.9 Å². The second-order valence-corrected chi connectivity index (χ2v) is 8.51. The van der Waals surface area contributed by atoms with E-state index in [0.717, 1.165) is 30.7 Å². The molecule has 1 amide bonds. The number of carbonyl (C=O) groups is 1. The lowest BCUT2D eigenvalue weighted by atomic mass is 10.2. The van der Waals surface area contributed by atoms with Crippen molar-refractivity contribution in [2.24, 2.45) is 11.8 Å². The van der Waals surface area contributed by atoms with Crippen molar-refractivity contribution < 1.29 is 26.4 Å². The van der Waals surface area contributed by atoms with Gasteiger partial charge in [-0.2, -0.15) is 17.5 Å². The number of alkyl halides is 3.